The van der Waals surface area contributed by atoms with E-state index < -0.39 is 0 Å². The van der Waals surface area contributed by atoms with Crippen LogP contribution in [0.4, 0.5) is 0 Å². The summed E-state index contributed by atoms with van der Waals surface area (Å²) >= 11 is 1.73. The molecule has 2 heterocycles. The van der Waals surface area contributed by atoms with Crippen molar-refractivity contribution in [3.8, 4) is 5.88 Å². The number of thioether (sulfide) groups is 1. The molecule has 1 aliphatic heterocycles. The fraction of sp³-hybridized carbons (Fsp3) is 0.722. The second-order valence-electron chi connectivity index (χ2n) is 5.83. The molecule has 0 radical (unpaired) electrons. The molecule has 1 aromatic rings. The van der Waals surface area contributed by atoms with E-state index >= 15 is 0 Å². The van der Waals surface area contributed by atoms with Gasteiger partial charge in [0.15, 0.2) is 0 Å². The van der Waals surface area contributed by atoms with Gasteiger partial charge < -0.3 is 10.1 Å². The van der Waals surface area contributed by atoms with Crippen LogP contribution < -0.4 is 10.1 Å². The van der Waals surface area contributed by atoms with Crippen molar-refractivity contribution in [1.29, 1.82) is 0 Å². The van der Waals surface area contributed by atoms with Gasteiger partial charge in [0.05, 0.1) is 12.3 Å². The Kier molecular flexibility index (Phi) is 10.3. The van der Waals surface area contributed by atoms with Crippen LogP contribution in [-0.2, 0) is 0 Å². The Morgan fingerprint density at radius 1 is 1.27 bits per heavy atom. The van der Waals surface area contributed by atoms with Crippen molar-refractivity contribution in [1.82, 2.24) is 10.3 Å². The number of hydrogen-bond donors (Lipinski definition) is 1. The van der Waals surface area contributed by atoms with Crippen LogP contribution in [-0.4, -0.2) is 30.9 Å². The van der Waals surface area contributed by atoms with E-state index in [1.807, 2.05) is 13.0 Å². The van der Waals surface area contributed by atoms with Gasteiger partial charge in [-0.2, -0.15) is 0 Å². The summed E-state index contributed by atoms with van der Waals surface area (Å²) in [5, 5.41) is 3.40. The van der Waals surface area contributed by atoms with Crippen molar-refractivity contribution < 1.29 is 4.74 Å². The van der Waals surface area contributed by atoms with E-state index in [1.54, 1.807) is 11.8 Å². The molecule has 1 fully saturated rings. The summed E-state index contributed by atoms with van der Waals surface area (Å²) in [4.78, 5) is 5.70. The normalized spacial score (nSPS) is 15.1. The number of ether oxygens (including phenoxy) is 1. The highest BCUT2D eigenvalue weighted by atomic mass is 32.2. The number of pyridine rings is 1. The van der Waals surface area contributed by atoms with Crippen LogP contribution in [0.2, 0.25) is 0 Å². The van der Waals surface area contributed by atoms with Crippen molar-refractivity contribution in [3.05, 3.63) is 17.8 Å². The summed E-state index contributed by atoms with van der Waals surface area (Å²) in [6, 6.07) is 4.07. The van der Waals surface area contributed by atoms with Crippen molar-refractivity contribution >= 4 is 11.8 Å². The molecule has 0 unspecified atom stereocenters. The third-order valence-corrected chi connectivity index (χ3v) is 4.57. The van der Waals surface area contributed by atoms with Crippen LogP contribution in [0.25, 0.3) is 0 Å². The lowest BCUT2D eigenvalue weighted by Crippen LogP contribution is -2.27. The van der Waals surface area contributed by atoms with E-state index in [1.165, 1.54) is 43.7 Å². The van der Waals surface area contributed by atoms with E-state index in [4.69, 9.17) is 4.74 Å². The summed E-state index contributed by atoms with van der Waals surface area (Å²) in [5.41, 5.74) is 1.06. The molecule has 1 saturated heterocycles. The van der Waals surface area contributed by atoms with Gasteiger partial charge in [-0.05, 0) is 63.9 Å². The predicted octanol–water partition coefficient (Wildman–Crippen LogP) is 4.69. The van der Waals surface area contributed by atoms with Gasteiger partial charge in [0, 0.05) is 11.0 Å². The van der Waals surface area contributed by atoms with Gasteiger partial charge >= 0.3 is 0 Å². The highest BCUT2D eigenvalue weighted by Crippen LogP contribution is 2.21. The minimum absolute atomic E-state index is 0.764. The van der Waals surface area contributed by atoms with Crippen LogP contribution in [0, 0.1) is 12.8 Å². The number of nitrogens with one attached hydrogen (secondary N) is 1. The molecular formula is C18H32N2OS. The standard InChI is InChI=1S/C15H24N2OS.C3H8/c1-12-14(19-2)5-6-15(17-12)18-11-3-4-13-7-9-16-10-8-13;1-3-2/h5-6,13,16H,3-4,7-11H2,1-2H3;3H2,1-2H3. The number of rotatable bonds is 6. The zero-order valence-electron chi connectivity index (χ0n) is 14.7. The molecule has 1 N–H and O–H groups in total. The Bertz CT molecular complexity index is 406. The first-order valence-electron chi connectivity index (χ1n) is 8.56. The minimum Gasteiger partial charge on any atom is -0.478 e. The number of hydrogen-bond acceptors (Lipinski definition) is 4. The summed E-state index contributed by atoms with van der Waals surface area (Å²) < 4.78 is 5.74. The second-order valence-corrected chi connectivity index (χ2v) is 6.68. The van der Waals surface area contributed by atoms with Gasteiger partial charge in [-0.3, -0.25) is 0 Å². The Morgan fingerprint density at radius 3 is 2.55 bits per heavy atom. The number of aromatic nitrogens is 1. The maximum absolute atomic E-state index is 5.74. The second kappa shape index (κ2) is 11.8. The van der Waals surface area contributed by atoms with Gasteiger partial charge in [0.2, 0.25) is 5.88 Å². The van der Waals surface area contributed by atoms with Crippen LogP contribution in [0.5, 0.6) is 5.88 Å². The molecular weight excluding hydrogens is 292 g/mol. The maximum Gasteiger partial charge on any atom is 0.213 e. The van der Waals surface area contributed by atoms with Gasteiger partial charge in [-0.15, -0.1) is 11.8 Å². The molecule has 22 heavy (non-hydrogen) atoms. The molecule has 3 nitrogen and oxygen atoms in total. The molecule has 1 aliphatic rings. The monoisotopic (exact) mass is 324 g/mol. The Balaban J connectivity index is 0.000000745. The topological polar surface area (TPSA) is 34.1 Å². The first-order valence-corrected chi connectivity index (χ1v) is 9.78. The van der Waals surface area contributed by atoms with Crippen molar-refractivity contribution in [2.45, 2.75) is 57.8 Å². The summed E-state index contributed by atoms with van der Waals surface area (Å²) in [6.07, 6.45) is 8.38. The molecule has 0 saturated carbocycles. The third-order valence-electron chi connectivity index (χ3n) is 3.70. The average Bonchev–Trinajstić information content (AvgIpc) is 2.53. The molecule has 0 atom stereocenters. The van der Waals surface area contributed by atoms with Crippen LogP contribution in [0.1, 0.15) is 51.6 Å². The molecule has 1 aromatic heterocycles. The van der Waals surface area contributed by atoms with Crippen LogP contribution in [0.15, 0.2) is 17.0 Å². The van der Waals surface area contributed by atoms with Crippen LogP contribution >= 0.6 is 11.8 Å². The Morgan fingerprint density at radius 2 is 1.95 bits per heavy atom. The molecule has 2 rings (SSSR count). The minimum atomic E-state index is 0.764. The number of nitrogens with zero attached hydrogens (tertiary/aromatic N) is 1. The van der Waals surface area contributed by atoms with Crippen molar-refractivity contribution in [2.75, 3.05) is 26.0 Å². The number of aryl methyl sites for hydroxylation is 1. The zero-order chi connectivity index (χ0) is 16.2. The molecule has 0 aliphatic carbocycles. The summed E-state index contributed by atoms with van der Waals surface area (Å²) in [7, 11) is 0. The first-order chi connectivity index (χ1) is 10.7. The average molecular weight is 325 g/mol. The highest BCUT2D eigenvalue weighted by Gasteiger charge is 2.12. The summed E-state index contributed by atoms with van der Waals surface area (Å²) in [6.45, 7) is 9.44. The molecule has 0 amide bonds. The zero-order valence-corrected chi connectivity index (χ0v) is 15.5. The SMILES string of the molecule is CCC.CSc1ccc(OCCCC2CCNCC2)nc1C. The largest absolute Gasteiger partial charge is 0.478 e. The lowest BCUT2D eigenvalue weighted by Gasteiger charge is -2.22. The maximum atomic E-state index is 5.74. The number of piperidine rings is 1. The first kappa shape index (κ1) is 19.3. The lowest BCUT2D eigenvalue weighted by atomic mass is 9.93. The van der Waals surface area contributed by atoms with Gasteiger partial charge in [-0.25, -0.2) is 4.98 Å². The quantitative estimate of drug-likeness (QED) is 0.608. The van der Waals surface area contributed by atoms with E-state index in [-0.39, 0.29) is 0 Å². The van der Waals surface area contributed by atoms with Crippen molar-refractivity contribution in [3.63, 3.8) is 0 Å². The van der Waals surface area contributed by atoms with E-state index in [9.17, 15) is 0 Å². The van der Waals surface area contributed by atoms with Gasteiger partial charge in [0.25, 0.3) is 0 Å². The van der Waals surface area contributed by atoms with Gasteiger partial charge in [0.1, 0.15) is 0 Å². The smallest absolute Gasteiger partial charge is 0.213 e. The third kappa shape index (κ3) is 7.50. The molecule has 0 aromatic carbocycles. The fourth-order valence-corrected chi connectivity index (χ4v) is 3.09. The van der Waals surface area contributed by atoms with E-state index in [0.717, 1.165) is 30.5 Å². The molecule has 0 bridgehead atoms. The lowest BCUT2D eigenvalue weighted by molar-refractivity contribution is 0.266. The Hall–Kier alpha value is -0.740. The molecule has 126 valence electrons. The van der Waals surface area contributed by atoms with E-state index in [2.05, 4.69) is 36.5 Å². The molecule has 4 heteroatoms. The Labute approximate surface area is 140 Å². The van der Waals surface area contributed by atoms with Crippen LogP contribution in [0.3, 0.4) is 0 Å². The van der Waals surface area contributed by atoms with E-state index in [0.29, 0.717) is 0 Å². The summed E-state index contributed by atoms with van der Waals surface area (Å²) in [5.74, 6) is 1.65. The highest BCUT2D eigenvalue weighted by molar-refractivity contribution is 7.98. The fourth-order valence-electron chi connectivity index (χ4n) is 2.54. The van der Waals surface area contributed by atoms with Crippen molar-refractivity contribution in [2.24, 2.45) is 5.92 Å². The predicted molar refractivity (Wildman–Crippen MR) is 97.0 cm³/mol. The van der Waals surface area contributed by atoms with Gasteiger partial charge in [-0.1, -0.05) is 20.3 Å². The molecule has 0 spiro atoms.